The average molecular weight is 238 g/mol. The third-order valence-corrected chi connectivity index (χ3v) is 4.43. The molecule has 0 radical (unpaired) electrons. The minimum Gasteiger partial charge on any atom is -0.345 e. The maximum absolute atomic E-state index is 12.4. The molecular weight excluding hydrogens is 212 g/mol. The standard InChI is InChI=1S/C14H26N2O/c1-15-11-14(8-9-14)13(17)16(2)10-12-6-4-3-5-7-12/h12,15H,3-11H2,1-2H3. The molecule has 0 unspecified atom stereocenters. The van der Waals surface area contributed by atoms with E-state index in [-0.39, 0.29) is 5.41 Å². The quantitative estimate of drug-likeness (QED) is 0.795. The lowest BCUT2D eigenvalue weighted by molar-refractivity contribution is -0.136. The van der Waals surface area contributed by atoms with Gasteiger partial charge >= 0.3 is 0 Å². The van der Waals surface area contributed by atoms with E-state index in [4.69, 9.17) is 0 Å². The number of hydrogen-bond donors (Lipinski definition) is 1. The average Bonchev–Trinajstić information content (AvgIpc) is 3.11. The van der Waals surface area contributed by atoms with Gasteiger partial charge < -0.3 is 10.2 Å². The summed E-state index contributed by atoms with van der Waals surface area (Å²) in [7, 11) is 3.93. The van der Waals surface area contributed by atoms with Crippen molar-refractivity contribution >= 4 is 5.91 Å². The minimum absolute atomic E-state index is 0.0435. The highest BCUT2D eigenvalue weighted by Crippen LogP contribution is 2.46. The summed E-state index contributed by atoms with van der Waals surface area (Å²) in [6, 6.07) is 0. The molecule has 0 aliphatic heterocycles. The Bertz CT molecular complexity index is 267. The molecule has 17 heavy (non-hydrogen) atoms. The number of nitrogens with zero attached hydrogens (tertiary/aromatic N) is 1. The van der Waals surface area contributed by atoms with Crippen molar-refractivity contribution in [2.75, 3.05) is 27.2 Å². The maximum Gasteiger partial charge on any atom is 0.229 e. The predicted octanol–water partition coefficient (Wildman–Crippen LogP) is 2.02. The Balaban J connectivity index is 1.82. The first kappa shape index (κ1) is 12.9. The number of nitrogens with one attached hydrogen (secondary N) is 1. The molecule has 0 saturated heterocycles. The Morgan fingerprint density at radius 1 is 1.29 bits per heavy atom. The fourth-order valence-corrected chi connectivity index (χ4v) is 3.20. The molecule has 0 heterocycles. The van der Waals surface area contributed by atoms with Crippen LogP contribution in [-0.4, -0.2) is 38.0 Å². The smallest absolute Gasteiger partial charge is 0.229 e. The van der Waals surface area contributed by atoms with Crippen LogP contribution in [0.2, 0.25) is 0 Å². The van der Waals surface area contributed by atoms with E-state index in [0.717, 1.165) is 31.8 Å². The molecule has 1 amide bonds. The third kappa shape index (κ3) is 3.01. The number of hydrogen-bond acceptors (Lipinski definition) is 2. The second kappa shape index (κ2) is 5.38. The lowest BCUT2D eigenvalue weighted by Crippen LogP contribution is -2.41. The van der Waals surface area contributed by atoms with Crippen molar-refractivity contribution in [1.82, 2.24) is 10.2 Å². The molecule has 2 saturated carbocycles. The first-order valence-electron chi connectivity index (χ1n) is 7.08. The topological polar surface area (TPSA) is 32.3 Å². The number of amides is 1. The molecular formula is C14H26N2O. The predicted molar refractivity (Wildman–Crippen MR) is 69.8 cm³/mol. The van der Waals surface area contributed by atoms with Crippen molar-refractivity contribution in [3.05, 3.63) is 0 Å². The van der Waals surface area contributed by atoms with Gasteiger partial charge in [0.15, 0.2) is 0 Å². The van der Waals surface area contributed by atoms with Crippen LogP contribution < -0.4 is 5.32 Å². The van der Waals surface area contributed by atoms with Gasteiger partial charge in [-0.1, -0.05) is 19.3 Å². The molecule has 2 aliphatic rings. The molecule has 0 bridgehead atoms. The van der Waals surface area contributed by atoms with Gasteiger partial charge in [-0.05, 0) is 38.6 Å². The normalized spacial score (nSPS) is 23.4. The summed E-state index contributed by atoms with van der Waals surface area (Å²) in [5.74, 6) is 1.13. The van der Waals surface area contributed by atoms with Gasteiger partial charge in [0.05, 0.1) is 5.41 Å². The maximum atomic E-state index is 12.4. The number of carbonyl (C=O) groups excluding carboxylic acids is 1. The van der Waals surface area contributed by atoms with Crippen LogP contribution in [0.3, 0.4) is 0 Å². The lowest BCUT2D eigenvalue weighted by Gasteiger charge is -2.29. The van der Waals surface area contributed by atoms with Gasteiger partial charge in [-0.2, -0.15) is 0 Å². The molecule has 3 heteroatoms. The summed E-state index contributed by atoms with van der Waals surface area (Å²) in [6.45, 7) is 1.82. The lowest BCUT2D eigenvalue weighted by atomic mass is 9.88. The third-order valence-electron chi connectivity index (χ3n) is 4.43. The monoisotopic (exact) mass is 238 g/mol. The molecule has 0 aromatic carbocycles. The fourth-order valence-electron chi connectivity index (χ4n) is 3.20. The first-order valence-corrected chi connectivity index (χ1v) is 7.08. The van der Waals surface area contributed by atoms with Crippen LogP contribution in [0.4, 0.5) is 0 Å². The Hall–Kier alpha value is -0.570. The highest BCUT2D eigenvalue weighted by molar-refractivity contribution is 5.85. The molecule has 2 aliphatic carbocycles. The summed E-state index contributed by atoms with van der Waals surface area (Å²) >= 11 is 0. The van der Waals surface area contributed by atoms with Crippen LogP contribution in [0, 0.1) is 11.3 Å². The summed E-state index contributed by atoms with van der Waals surface area (Å²) in [6.07, 6.45) is 8.87. The summed E-state index contributed by atoms with van der Waals surface area (Å²) in [4.78, 5) is 14.4. The van der Waals surface area contributed by atoms with Crippen LogP contribution in [0.25, 0.3) is 0 Å². The van der Waals surface area contributed by atoms with Crippen LogP contribution in [-0.2, 0) is 4.79 Å². The van der Waals surface area contributed by atoms with Crippen molar-refractivity contribution < 1.29 is 4.79 Å². The molecule has 98 valence electrons. The van der Waals surface area contributed by atoms with Gasteiger partial charge in [0.1, 0.15) is 0 Å². The molecule has 1 N–H and O–H groups in total. The zero-order valence-corrected chi connectivity index (χ0v) is 11.3. The zero-order valence-electron chi connectivity index (χ0n) is 11.3. The van der Waals surface area contributed by atoms with Crippen LogP contribution in [0.5, 0.6) is 0 Å². The second-order valence-electron chi connectivity index (χ2n) is 6.00. The van der Waals surface area contributed by atoms with Crippen LogP contribution >= 0.6 is 0 Å². The first-order chi connectivity index (χ1) is 8.18. The number of carbonyl (C=O) groups is 1. The van der Waals surface area contributed by atoms with Gasteiger partial charge in [0.2, 0.25) is 5.91 Å². The van der Waals surface area contributed by atoms with Crippen molar-refractivity contribution in [2.24, 2.45) is 11.3 Å². The van der Waals surface area contributed by atoms with E-state index < -0.39 is 0 Å². The van der Waals surface area contributed by atoms with Gasteiger partial charge in [-0.25, -0.2) is 0 Å². The molecule has 3 nitrogen and oxygen atoms in total. The summed E-state index contributed by atoms with van der Waals surface area (Å²) in [5.41, 5.74) is -0.0435. The van der Waals surface area contributed by atoms with Crippen LogP contribution in [0.1, 0.15) is 44.9 Å². The summed E-state index contributed by atoms with van der Waals surface area (Å²) in [5, 5.41) is 3.16. The Kier molecular flexibility index (Phi) is 4.08. The van der Waals surface area contributed by atoms with E-state index in [0.29, 0.717) is 5.91 Å². The molecule has 2 rings (SSSR count). The summed E-state index contributed by atoms with van der Waals surface area (Å²) < 4.78 is 0. The number of rotatable bonds is 5. The molecule has 0 aromatic heterocycles. The molecule has 0 spiro atoms. The van der Waals surface area contributed by atoms with Crippen molar-refractivity contribution in [3.8, 4) is 0 Å². The molecule has 0 aromatic rings. The minimum atomic E-state index is -0.0435. The Labute approximate surface area is 105 Å². The SMILES string of the molecule is CNCC1(C(=O)N(C)CC2CCCCC2)CC1. The highest BCUT2D eigenvalue weighted by Gasteiger charge is 2.50. The van der Waals surface area contributed by atoms with Crippen molar-refractivity contribution in [3.63, 3.8) is 0 Å². The van der Waals surface area contributed by atoms with Gasteiger partial charge in [0.25, 0.3) is 0 Å². The largest absolute Gasteiger partial charge is 0.345 e. The van der Waals surface area contributed by atoms with E-state index in [1.54, 1.807) is 0 Å². The molecule has 2 fully saturated rings. The Morgan fingerprint density at radius 2 is 1.94 bits per heavy atom. The van der Waals surface area contributed by atoms with Crippen LogP contribution in [0.15, 0.2) is 0 Å². The van der Waals surface area contributed by atoms with E-state index in [1.807, 2.05) is 19.0 Å². The van der Waals surface area contributed by atoms with Crippen molar-refractivity contribution in [2.45, 2.75) is 44.9 Å². The van der Waals surface area contributed by atoms with Gasteiger partial charge in [-0.3, -0.25) is 4.79 Å². The highest BCUT2D eigenvalue weighted by atomic mass is 16.2. The second-order valence-corrected chi connectivity index (χ2v) is 6.00. The van der Waals surface area contributed by atoms with E-state index in [9.17, 15) is 4.79 Å². The van der Waals surface area contributed by atoms with E-state index in [2.05, 4.69) is 5.32 Å². The van der Waals surface area contributed by atoms with Gasteiger partial charge in [-0.15, -0.1) is 0 Å². The van der Waals surface area contributed by atoms with Crippen molar-refractivity contribution in [1.29, 1.82) is 0 Å². The molecule has 0 atom stereocenters. The van der Waals surface area contributed by atoms with E-state index >= 15 is 0 Å². The van der Waals surface area contributed by atoms with Gasteiger partial charge in [0, 0.05) is 20.1 Å². The Morgan fingerprint density at radius 3 is 2.47 bits per heavy atom. The zero-order chi connectivity index (χ0) is 12.3. The fraction of sp³-hybridized carbons (Fsp3) is 0.929. The van der Waals surface area contributed by atoms with E-state index in [1.165, 1.54) is 32.1 Å².